The maximum atomic E-state index is 5.89. The van der Waals surface area contributed by atoms with Crippen molar-refractivity contribution in [1.29, 1.82) is 0 Å². The van der Waals surface area contributed by atoms with Crippen LogP contribution in [0.1, 0.15) is 0 Å². The normalized spacial score (nSPS) is 11.2. The topological polar surface area (TPSA) is 28.3 Å². The van der Waals surface area contributed by atoms with E-state index in [0.29, 0.717) is 0 Å². The molecule has 0 atom stereocenters. The fourth-order valence-electron chi connectivity index (χ4n) is 6.41. The van der Waals surface area contributed by atoms with Crippen molar-refractivity contribution in [2.24, 2.45) is 14.1 Å². The van der Waals surface area contributed by atoms with Gasteiger partial charge in [-0.2, -0.15) is 0 Å². The molecule has 0 aliphatic rings. The molecule has 4 nitrogen and oxygen atoms in total. The first-order valence-corrected chi connectivity index (χ1v) is 13.9. The summed E-state index contributed by atoms with van der Waals surface area (Å²) in [7, 11) is 4.31. The molecule has 0 N–H and O–H groups in total. The van der Waals surface area contributed by atoms with Gasteiger partial charge >= 0.3 is 0 Å². The Morgan fingerprint density at radius 2 is 1.00 bits per heavy atom. The Bertz CT molecular complexity index is 2090. The number of nitrogens with zero attached hydrogens (tertiary/aromatic N) is 2. The standard InChI is InChI=1S/C38H28N2O2/c1-5-21-41-27-15-11-13-25(23-27)33-35-29-17-7-9-19-31(29)40(4)38(35)34(26-14-12-16-28(24-26)42-22-6-2)36-30-18-8-10-20-32(30)39(3)37(33)36/h1-2,7-20,23-24H,21-22H2,3-4H3. The molecule has 0 saturated carbocycles. The molecule has 7 rings (SSSR count). The van der Waals surface area contributed by atoms with Gasteiger partial charge < -0.3 is 18.6 Å². The van der Waals surface area contributed by atoms with E-state index in [9.17, 15) is 0 Å². The fraction of sp³-hybridized carbons (Fsp3) is 0.105. The maximum absolute atomic E-state index is 5.89. The third kappa shape index (κ3) is 3.81. The largest absolute Gasteiger partial charge is 0.481 e. The lowest BCUT2D eigenvalue weighted by molar-refractivity contribution is 0.370. The minimum atomic E-state index is 0.216. The summed E-state index contributed by atoms with van der Waals surface area (Å²) in [5.41, 5.74) is 9.08. The Balaban J connectivity index is 1.72. The van der Waals surface area contributed by atoms with Crippen LogP contribution >= 0.6 is 0 Å². The molecule has 0 spiro atoms. The Hall–Kier alpha value is -5.58. The molecular weight excluding hydrogens is 516 g/mol. The second-order valence-electron chi connectivity index (χ2n) is 10.4. The van der Waals surface area contributed by atoms with Crippen LogP contribution in [0.15, 0.2) is 97.1 Å². The van der Waals surface area contributed by atoms with Crippen LogP contribution in [0.25, 0.3) is 65.9 Å². The third-order valence-electron chi connectivity index (χ3n) is 8.08. The molecule has 0 unspecified atom stereocenters. The smallest absolute Gasteiger partial charge is 0.148 e. The molecule has 202 valence electrons. The summed E-state index contributed by atoms with van der Waals surface area (Å²) < 4.78 is 16.4. The van der Waals surface area contributed by atoms with E-state index in [1.54, 1.807) is 0 Å². The zero-order valence-electron chi connectivity index (χ0n) is 23.5. The summed E-state index contributed by atoms with van der Waals surface area (Å²) in [6.45, 7) is 0.432. The summed E-state index contributed by atoms with van der Waals surface area (Å²) in [6, 6.07) is 33.7. The first kappa shape index (κ1) is 25.4. The molecule has 0 fully saturated rings. The second-order valence-corrected chi connectivity index (χ2v) is 10.4. The van der Waals surface area contributed by atoms with Crippen LogP contribution < -0.4 is 9.47 Å². The van der Waals surface area contributed by atoms with E-state index in [0.717, 1.165) is 55.8 Å². The van der Waals surface area contributed by atoms with Gasteiger partial charge in [0.1, 0.15) is 24.7 Å². The average Bonchev–Trinajstić information content (AvgIpc) is 3.49. The lowest BCUT2D eigenvalue weighted by Crippen LogP contribution is -1.98. The van der Waals surface area contributed by atoms with Gasteiger partial charge in [0.25, 0.3) is 0 Å². The summed E-state index contributed by atoms with van der Waals surface area (Å²) in [5, 5.41) is 4.75. The molecule has 0 radical (unpaired) electrons. The monoisotopic (exact) mass is 544 g/mol. The van der Waals surface area contributed by atoms with E-state index in [1.165, 1.54) is 21.5 Å². The van der Waals surface area contributed by atoms with E-state index in [4.69, 9.17) is 22.3 Å². The van der Waals surface area contributed by atoms with Crippen molar-refractivity contribution in [2.45, 2.75) is 0 Å². The Labute approximate surface area is 244 Å². The Morgan fingerprint density at radius 1 is 0.571 bits per heavy atom. The van der Waals surface area contributed by atoms with E-state index in [-0.39, 0.29) is 13.2 Å². The summed E-state index contributed by atoms with van der Waals surface area (Å²) in [5.74, 6) is 6.65. The van der Waals surface area contributed by atoms with Crippen molar-refractivity contribution >= 4 is 43.6 Å². The molecule has 0 amide bonds. The SMILES string of the molecule is C#CCOc1cccc(-c2c3c4ccccc4n(C)c3c(-c3cccc(OCC#C)c3)c3c4ccccc4n(C)c23)c1. The van der Waals surface area contributed by atoms with Crippen molar-refractivity contribution in [2.75, 3.05) is 13.2 Å². The number of fused-ring (bicyclic) bond motifs is 6. The molecule has 4 heteroatoms. The second kappa shape index (κ2) is 10.1. The van der Waals surface area contributed by atoms with Gasteiger partial charge in [-0.3, -0.25) is 0 Å². The minimum absolute atomic E-state index is 0.216. The van der Waals surface area contributed by atoms with Crippen LogP contribution in [0.3, 0.4) is 0 Å². The molecule has 0 aliphatic heterocycles. The summed E-state index contributed by atoms with van der Waals surface area (Å²) in [4.78, 5) is 0. The number of terminal acetylenes is 2. The van der Waals surface area contributed by atoms with Crippen molar-refractivity contribution in [1.82, 2.24) is 9.13 Å². The van der Waals surface area contributed by atoms with E-state index in [2.05, 4.69) is 108 Å². The first-order chi connectivity index (χ1) is 20.6. The predicted octanol–water partition coefficient (Wildman–Crippen LogP) is 8.33. The molecule has 0 aliphatic carbocycles. The number of para-hydroxylation sites is 2. The van der Waals surface area contributed by atoms with Crippen molar-refractivity contribution in [3.63, 3.8) is 0 Å². The van der Waals surface area contributed by atoms with Gasteiger partial charge in [0.15, 0.2) is 0 Å². The van der Waals surface area contributed by atoms with Crippen LogP contribution in [-0.2, 0) is 14.1 Å². The third-order valence-corrected chi connectivity index (χ3v) is 8.08. The van der Waals surface area contributed by atoms with Gasteiger partial charge in [-0.25, -0.2) is 0 Å². The van der Waals surface area contributed by atoms with Crippen molar-refractivity contribution in [3.05, 3.63) is 97.1 Å². The molecule has 2 aromatic heterocycles. The molecule has 42 heavy (non-hydrogen) atoms. The number of aromatic nitrogens is 2. The van der Waals surface area contributed by atoms with Gasteiger partial charge in [0.05, 0.1) is 11.0 Å². The fourth-order valence-corrected chi connectivity index (χ4v) is 6.41. The molecule has 7 aromatic rings. The van der Waals surface area contributed by atoms with Crippen molar-refractivity contribution < 1.29 is 9.47 Å². The number of benzene rings is 5. The number of rotatable bonds is 6. The van der Waals surface area contributed by atoms with E-state index < -0.39 is 0 Å². The van der Waals surface area contributed by atoms with Gasteiger partial charge in [0, 0.05) is 57.8 Å². The maximum Gasteiger partial charge on any atom is 0.148 e. The van der Waals surface area contributed by atoms with Gasteiger partial charge in [-0.05, 0) is 47.5 Å². The predicted molar refractivity (Wildman–Crippen MR) is 174 cm³/mol. The highest BCUT2D eigenvalue weighted by atomic mass is 16.5. The minimum Gasteiger partial charge on any atom is -0.481 e. The van der Waals surface area contributed by atoms with Crippen molar-refractivity contribution in [3.8, 4) is 58.4 Å². The zero-order valence-corrected chi connectivity index (χ0v) is 23.5. The highest BCUT2D eigenvalue weighted by molar-refractivity contribution is 6.32. The number of hydrogen-bond donors (Lipinski definition) is 0. The van der Waals surface area contributed by atoms with Crippen LogP contribution in [0.4, 0.5) is 0 Å². The van der Waals surface area contributed by atoms with E-state index >= 15 is 0 Å². The summed E-state index contributed by atoms with van der Waals surface area (Å²) in [6.07, 6.45) is 11.0. The number of ether oxygens (including phenoxy) is 2. The number of hydrogen-bond acceptors (Lipinski definition) is 2. The lowest BCUT2D eigenvalue weighted by atomic mass is 9.89. The highest BCUT2D eigenvalue weighted by Crippen LogP contribution is 2.50. The van der Waals surface area contributed by atoms with Crippen LogP contribution in [0.5, 0.6) is 11.5 Å². The molecule has 5 aromatic carbocycles. The number of aryl methyl sites for hydroxylation is 2. The molecule has 0 saturated heterocycles. The summed E-state index contributed by atoms with van der Waals surface area (Å²) >= 11 is 0. The van der Waals surface area contributed by atoms with Crippen LogP contribution in [-0.4, -0.2) is 22.3 Å². The van der Waals surface area contributed by atoms with Crippen LogP contribution in [0.2, 0.25) is 0 Å². The Morgan fingerprint density at radius 3 is 1.43 bits per heavy atom. The molecule has 0 bridgehead atoms. The average molecular weight is 545 g/mol. The van der Waals surface area contributed by atoms with Crippen LogP contribution in [0, 0.1) is 24.7 Å². The molecular formula is C38H28N2O2. The first-order valence-electron chi connectivity index (χ1n) is 13.9. The van der Waals surface area contributed by atoms with Gasteiger partial charge in [-0.1, -0.05) is 72.5 Å². The van der Waals surface area contributed by atoms with Gasteiger partial charge in [0.2, 0.25) is 0 Å². The molecule has 2 heterocycles. The quantitative estimate of drug-likeness (QED) is 0.197. The zero-order chi connectivity index (χ0) is 28.8. The van der Waals surface area contributed by atoms with E-state index in [1.807, 2.05) is 24.3 Å². The Kier molecular flexibility index (Phi) is 6.11. The lowest BCUT2D eigenvalue weighted by Gasteiger charge is -2.17. The highest BCUT2D eigenvalue weighted by Gasteiger charge is 2.26. The van der Waals surface area contributed by atoms with Gasteiger partial charge in [-0.15, -0.1) is 12.8 Å².